The minimum absolute atomic E-state index is 0.0513. The van der Waals surface area contributed by atoms with Crippen molar-refractivity contribution in [2.45, 2.75) is 4.90 Å². The number of carboxylic acids is 1. The molecule has 0 aliphatic heterocycles. The van der Waals surface area contributed by atoms with E-state index in [1.807, 2.05) is 12.3 Å². The molecule has 21 heavy (non-hydrogen) atoms. The number of amides is 1. The van der Waals surface area contributed by atoms with E-state index in [4.69, 9.17) is 16.7 Å². The zero-order valence-electron chi connectivity index (χ0n) is 11.0. The highest BCUT2D eigenvalue weighted by molar-refractivity contribution is 7.98. The molecule has 7 heteroatoms. The van der Waals surface area contributed by atoms with E-state index in [9.17, 15) is 9.59 Å². The van der Waals surface area contributed by atoms with E-state index in [2.05, 4.69) is 10.3 Å². The number of anilines is 1. The lowest BCUT2D eigenvalue weighted by Crippen LogP contribution is -2.14. The first-order chi connectivity index (χ1) is 10.0. The molecule has 1 amide bonds. The molecule has 1 aromatic carbocycles. The largest absolute Gasteiger partial charge is 0.478 e. The standard InChI is InChI=1S/C14H11ClN2O3S/c1-21-9-3-4-11(15)10(6-9)13(18)17-12-5-2-8(7-16-12)14(19)20/h2-7H,1H3,(H,19,20)(H,16,17,18). The fourth-order valence-electron chi connectivity index (χ4n) is 1.58. The highest BCUT2D eigenvalue weighted by atomic mass is 35.5. The SMILES string of the molecule is CSc1ccc(Cl)c(C(=O)Nc2ccc(C(=O)O)cn2)c1. The van der Waals surface area contributed by atoms with Gasteiger partial charge in [-0.1, -0.05) is 11.6 Å². The molecule has 0 atom stereocenters. The molecule has 0 radical (unpaired) electrons. The van der Waals surface area contributed by atoms with Gasteiger partial charge in [-0.3, -0.25) is 4.79 Å². The van der Waals surface area contributed by atoms with Crippen LogP contribution in [0.3, 0.4) is 0 Å². The van der Waals surface area contributed by atoms with Gasteiger partial charge >= 0.3 is 5.97 Å². The Bertz CT molecular complexity index is 689. The summed E-state index contributed by atoms with van der Waals surface area (Å²) < 4.78 is 0. The van der Waals surface area contributed by atoms with Crippen molar-refractivity contribution in [1.29, 1.82) is 0 Å². The number of halogens is 1. The Balaban J connectivity index is 2.19. The molecule has 0 fully saturated rings. The van der Waals surface area contributed by atoms with Crippen LogP contribution in [-0.2, 0) is 0 Å². The van der Waals surface area contributed by atoms with Gasteiger partial charge in [0.25, 0.3) is 5.91 Å². The Morgan fingerprint density at radius 2 is 2.05 bits per heavy atom. The summed E-state index contributed by atoms with van der Waals surface area (Å²) in [6, 6.07) is 7.96. The van der Waals surface area contributed by atoms with Crippen LogP contribution in [0.2, 0.25) is 5.02 Å². The van der Waals surface area contributed by atoms with Crippen LogP contribution >= 0.6 is 23.4 Å². The van der Waals surface area contributed by atoms with Gasteiger partial charge < -0.3 is 10.4 Å². The third-order valence-corrected chi connectivity index (χ3v) is 3.73. The van der Waals surface area contributed by atoms with Crippen molar-refractivity contribution in [3.05, 3.63) is 52.7 Å². The zero-order chi connectivity index (χ0) is 15.4. The second kappa shape index (κ2) is 6.60. The number of hydrogen-bond donors (Lipinski definition) is 2. The number of nitrogens with zero attached hydrogens (tertiary/aromatic N) is 1. The van der Waals surface area contributed by atoms with Crippen molar-refractivity contribution in [1.82, 2.24) is 4.98 Å². The summed E-state index contributed by atoms with van der Waals surface area (Å²) in [7, 11) is 0. The maximum Gasteiger partial charge on any atom is 0.337 e. The summed E-state index contributed by atoms with van der Waals surface area (Å²) in [5, 5.41) is 11.7. The minimum Gasteiger partial charge on any atom is -0.478 e. The first kappa shape index (κ1) is 15.3. The van der Waals surface area contributed by atoms with Crippen molar-refractivity contribution in [2.24, 2.45) is 0 Å². The number of carbonyl (C=O) groups excluding carboxylic acids is 1. The van der Waals surface area contributed by atoms with Crippen LogP contribution < -0.4 is 5.32 Å². The summed E-state index contributed by atoms with van der Waals surface area (Å²) in [6.07, 6.45) is 3.08. The average Bonchev–Trinajstić information content (AvgIpc) is 2.48. The van der Waals surface area contributed by atoms with Crippen LogP contribution in [0.4, 0.5) is 5.82 Å². The van der Waals surface area contributed by atoms with Gasteiger partial charge in [-0.05, 0) is 36.6 Å². The van der Waals surface area contributed by atoms with Gasteiger partial charge in [-0.2, -0.15) is 0 Å². The second-order valence-electron chi connectivity index (χ2n) is 4.04. The number of pyridine rings is 1. The molecule has 5 nitrogen and oxygen atoms in total. The number of thioether (sulfide) groups is 1. The van der Waals surface area contributed by atoms with Crippen LogP contribution in [0.1, 0.15) is 20.7 Å². The van der Waals surface area contributed by atoms with E-state index in [0.29, 0.717) is 10.6 Å². The van der Waals surface area contributed by atoms with Gasteiger partial charge in [0.2, 0.25) is 0 Å². The maximum atomic E-state index is 12.2. The lowest BCUT2D eigenvalue weighted by atomic mass is 10.2. The van der Waals surface area contributed by atoms with E-state index >= 15 is 0 Å². The van der Waals surface area contributed by atoms with E-state index in [1.165, 1.54) is 30.1 Å². The number of hydrogen-bond acceptors (Lipinski definition) is 4. The topological polar surface area (TPSA) is 79.3 Å². The molecule has 0 unspecified atom stereocenters. The van der Waals surface area contributed by atoms with Crippen LogP contribution in [-0.4, -0.2) is 28.2 Å². The third kappa shape index (κ3) is 3.74. The number of carbonyl (C=O) groups is 2. The second-order valence-corrected chi connectivity index (χ2v) is 5.32. The Morgan fingerprint density at radius 1 is 1.29 bits per heavy atom. The van der Waals surface area contributed by atoms with Crippen LogP contribution in [0.15, 0.2) is 41.4 Å². The predicted octanol–water partition coefficient (Wildman–Crippen LogP) is 3.41. The highest BCUT2D eigenvalue weighted by Crippen LogP contribution is 2.23. The summed E-state index contributed by atoms with van der Waals surface area (Å²) in [4.78, 5) is 27.7. The summed E-state index contributed by atoms with van der Waals surface area (Å²) >= 11 is 7.51. The van der Waals surface area contributed by atoms with Crippen molar-refractivity contribution >= 4 is 41.1 Å². The van der Waals surface area contributed by atoms with Gasteiger partial charge in [-0.25, -0.2) is 9.78 Å². The number of aromatic nitrogens is 1. The van der Waals surface area contributed by atoms with E-state index in [-0.39, 0.29) is 11.4 Å². The number of rotatable bonds is 4. The van der Waals surface area contributed by atoms with Gasteiger partial charge in [0.1, 0.15) is 5.82 Å². The molecule has 0 saturated carbocycles. The normalized spacial score (nSPS) is 10.2. The average molecular weight is 323 g/mol. The molecule has 2 rings (SSSR count). The summed E-state index contributed by atoms with van der Waals surface area (Å²) in [5.74, 6) is -1.21. The lowest BCUT2D eigenvalue weighted by Gasteiger charge is -2.07. The van der Waals surface area contributed by atoms with Gasteiger partial charge in [0, 0.05) is 11.1 Å². The molecule has 0 aliphatic rings. The van der Waals surface area contributed by atoms with E-state index < -0.39 is 11.9 Å². The molecule has 1 heterocycles. The molecular weight excluding hydrogens is 312 g/mol. The minimum atomic E-state index is -1.07. The number of benzene rings is 1. The van der Waals surface area contributed by atoms with Crippen LogP contribution in [0, 0.1) is 0 Å². The maximum absolute atomic E-state index is 12.2. The molecule has 108 valence electrons. The molecule has 1 aromatic heterocycles. The highest BCUT2D eigenvalue weighted by Gasteiger charge is 2.12. The smallest absolute Gasteiger partial charge is 0.337 e. The van der Waals surface area contributed by atoms with Crippen molar-refractivity contribution in [2.75, 3.05) is 11.6 Å². The fraction of sp³-hybridized carbons (Fsp3) is 0.0714. The fourth-order valence-corrected chi connectivity index (χ4v) is 2.23. The van der Waals surface area contributed by atoms with Crippen LogP contribution in [0.25, 0.3) is 0 Å². The van der Waals surface area contributed by atoms with Crippen molar-refractivity contribution < 1.29 is 14.7 Å². The van der Waals surface area contributed by atoms with Gasteiger partial charge in [0.05, 0.1) is 16.1 Å². The van der Waals surface area contributed by atoms with Gasteiger partial charge in [-0.15, -0.1) is 11.8 Å². The van der Waals surface area contributed by atoms with E-state index in [0.717, 1.165) is 4.90 Å². The lowest BCUT2D eigenvalue weighted by molar-refractivity contribution is 0.0696. The monoisotopic (exact) mass is 322 g/mol. The molecule has 2 N–H and O–H groups in total. The molecule has 0 bridgehead atoms. The number of nitrogens with one attached hydrogen (secondary N) is 1. The van der Waals surface area contributed by atoms with Crippen molar-refractivity contribution in [3.8, 4) is 0 Å². The molecule has 0 aliphatic carbocycles. The predicted molar refractivity (Wildman–Crippen MR) is 82.4 cm³/mol. The van der Waals surface area contributed by atoms with Crippen LogP contribution in [0.5, 0.6) is 0 Å². The molecule has 0 spiro atoms. The van der Waals surface area contributed by atoms with E-state index in [1.54, 1.807) is 12.1 Å². The quantitative estimate of drug-likeness (QED) is 0.843. The molecule has 0 saturated heterocycles. The first-order valence-electron chi connectivity index (χ1n) is 5.85. The number of aromatic carboxylic acids is 1. The summed E-state index contributed by atoms with van der Waals surface area (Å²) in [6.45, 7) is 0. The van der Waals surface area contributed by atoms with Crippen molar-refractivity contribution in [3.63, 3.8) is 0 Å². The molecule has 2 aromatic rings. The number of carboxylic acid groups (broad SMARTS) is 1. The zero-order valence-corrected chi connectivity index (χ0v) is 12.5. The Morgan fingerprint density at radius 3 is 2.62 bits per heavy atom. The Kier molecular flexibility index (Phi) is 4.82. The molecular formula is C14H11ClN2O3S. The third-order valence-electron chi connectivity index (χ3n) is 2.67. The summed E-state index contributed by atoms with van der Waals surface area (Å²) in [5.41, 5.74) is 0.392. The Labute approximate surface area is 130 Å². The van der Waals surface area contributed by atoms with Gasteiger partial charge in [0.15, 0.2) is 0 Å². The Hall–Kier alpha value is -2.05. The first-order valence-corrected chi connectivity index (χ1v) is 7.46.